The predicted molar refractivity (Wildman–Crippen MR) is 98.0 cm³/mol. The molecule has 0 aliphatic carbocycles. The van der Waals surface area contributed by atoms with Gasteiger partial charge in [0.25, 0.3) is 5.91 Å². The summed E-state index contributed by atoms with van der Waals surface area (Å²) in [7, 11) is 0. The molecule has 3 rings (SSSR count). The standard InChI is InChI=1S/C20H15ClF3NO2/c1-11-3-5-13(6-4-11)18-10-15(12(2)27-18)19(26)25-14-7-8-17(21)16(9-14)20(22,23)24/h3-10H,1-2H3,(H,25,26). The van der Waals surface area contributed by atoms with E-state index in [-0.39, 0.29) is 11.3 Å². The van der Waals surface area contributed by atoms with E-state index >= 15 is 0 Å². The van der Waals surface area contributed by atoms with Crippen LogP contribution in [-0.4, -0.2) is 5.91 Å². The van der Waals surface area contributed by atoms with E-state index in [1.165, 1.54) is 6.07 Å². The first kappa shape index (κ1) is 19.0. The first-order chi connectivity index (χ1) is 12.6. The number of amides is 1. The van der Waals surface area contributed by atoms with Gasteiger partial charge in [-0.2, -0.15) is 13.2 Å². The molecule has 1 heterocycles. The lowest BCUT2D eigenvalue weighted by Gasteiger charge is -2.11. The second-order valence-electron chi connectivity index (χ2n) is 6.09. The zero-order valence-corrected chi connectivity index (χ0v) is 15.2. The Bertz CT molecular complexity index is 991. The third-order valence-electron chi connectivity index (χ3n) is 4.03. The quantitative estimate of drug-likeness (QED) is 0.552. The van der Waals surface area contributed by atoms with Crippen LogP contribution in [0.4, 0.5) is 18.9 Å². The van der Waals surface area contributed by atoms with Crippen molar-refractivity contribution in [2.24, 2.45) is 0 Å². The predicted octanol–water partition coefficient (Wildman–Crippen LogP) is 6.49. The van der Waals surface area contributed by atoms with Gasteiger partial charge >= 0.3 is 6.18 Å². The van der Waals surface area contributed by atoms with Crippen LogP contribution in [0.3, 0.4) is 0 Å². The van der Waals surface area contributed by atoms with Crippen molar-refractivity contribution in [1.29, 1.82) is 0 Å². The molecule has 0 aliphatic heterocycles. The topological polar surface area (TPSA) is 42.2 Å². The number of alkyl halides is 3. The van der Waals surface area contributed by atoms with Crippen LogP contribution >= 0.6 is 11.6 Å². The first-order valence-corrected chi connectivity index (χ1v) is 8.38. The number of hydrogen-bond donors (Lipinski definition) is 1. The van der Waals surface area contributed by atoms with Crippen molar-refractivity contribution in [1.82, 2.24) is 0 Å². The summed E-state index contributed by atoms with van der Waals surface area (Å²) in [6.07, 6.45) is -4.61. The molecule has 3 nitrogen and oxygen atoms in total. The summed E-state index contributed by atoms with van der Waals surface area (Å²) in [5.74, 6) is 0.308. The van der Waals surface area contributed by atoms with Crippen molar-refractivity contribution >= 4 is 23.2 Å². The maximum absolute atomic E-state index is 13.0. The molecular formula is C20H15ClF3NO2. The lowest BCUT2D eigenvalue weighted by molar-refractivity contribution is -0.137. The molecule has 0 bridgehead atoms. The summed E-state index contributed by atoms with van der Waals surface area (Å²) in [6, 6.07) is 12.3. The summed E-state index contributed by atoms with van der Waals surface area (Å²) < 4.78 is 44.5. The minimum atomic E-state index is -4.61. The molecule has 1 amide bonds. The van der Waals surface area contributed by atoms with Gasteiger partial charge in [0.2, 0.25) is 0 Å². The van der Waals surface area contributed by atoms with Gasteiger partial charge in [0.1, 0.15) is 11.5 Å². The third-order valence-corrected chi connectivity index (χ3v) is 4.36. The van der Waals surface area contributed by atoms with Crippen molar-refractivity contribution < 1.29 is 22.4 Å². The highest BCUT2D eigenvalue weighted by Crippen LogP contribution is 2.36. The molecule has 0 unspecified atom stereocenters. The summed E-state index contributed by atoms with van der Waals surface area (Å²) in [5.41, 5.74) is 1.12. The van der Waals surface area contributed by atoms with E-state index in [1.54, 1.807) is 13.0 Å². The Hall–Kier alpha value is -2.73. The fraction of sp³-hybridized carbons (Fsp3) is 0.150. The average Bonchev–Trinajstić information content (AvgIpc) is 2.98. The number of anilines is 1. The smallest absolute Gasteiger partial charge is 0.417 e. The zero-order chi connectivity index (χ0) is 19.8. The molecular weight excluding hydrogens is 379 g/mol. The van der Waals surface area contributed by atoms with Gasteiger partial charge in [0, 0.05) is 11.3 Å². The van der Waals surface area contributed by atoms with E-state index < -0.39 is 22.7 Å². The van der Waals surface area contributed by atoms with Crippen LogP contribution in [0.5, 0.6) is 0 Å². The van der Waals surface area contributed by atoms with Crippen LogP contribution in [0.2, 0.25) is 5.02 Å². The Morgan fingerprint density at radius 2 is 1.70 bits per heavy atom. The van der Waals surface area contributed by atoms with Gasteiger partial charge in [0.15, 0.2) is 0 Å². The number of carbonyl (C=O) groups is 1. The van der Waals surface area contributed by atoms with Gasteiger partial charge < -0.3 is 9.73 Å². The van der Waals surface area contributed by atoms with Crippen LogP contribution in [0.15, 0.2) is 52.9 Å². The summed E-state index contributed by atoms with van der Waals surface area (Å²) in [4.78, 5) is 12.5. The molecule has 0 spiro atoms. The Labute approximate surface area is 158 Å². The highest BCUT2D eigenvalue weighted by atomic mass is 35.5. The molecule has 27 heavy (non-hydrogen) atoms. The van der Waals surface area contributed by atoms with E-state index in [2.05, 4.69) is 5.32 Å². The van der Waals surface area contributed by atoms with Gasteiger partial charge in [-0.1, -0.05) is 41.4 Å². The van der Waals surface area contributed by atoms with Gasteiger partial charge in [-0.3, -0.25) is 4.79 Å². The number of rotatable bonds is 3. The van der Waals surface area contributed by atoms with Crippen LogP contribution < -0.4 is 5.32 Å². The highest BCUT2D eigenvalue weighted by Gasteiger charge is 2.33. The van der Waals surface area contributed by atoms with E-state index in [9.17, 15) is 18.0 Å². The van der Waals surface area contributed by atoms with Crippen LogP contribution in [0.25, 0.3) is 11.3 Å². The number of halogens is 4. The molecule has 0 radical (unpaired) electrons. The second kappa shape index (κ2) is 7.12. The Balaban J connectivity index is 1.86. The van der Waals surface area contributed by atoms with E-state index in [4.69, 9.17) is 16.0 Å². The van der Waals surface area contributed by atoms with Gasteiger partial charge in [0.05, 0.1) is 16.1 Å². The maximum atomic E-state index is 13.0. The van der Waals surface area contributed by atoms with E-state index in [1.807, 2.05) is 31.2 Å². The zero-order valence-electron chi connectivity index (χ0n) is 14.4. The number of aryl methyl sites for hydroxylation is 2. The molecule has 0 aliphatic rings. The van der Waals surface area contributed by atoms with Crippen molar-refractivity contribution in [3.63, 3.8) is 0 Å². The molecule has 7 heteroatoms. The fourth-order valence-electron chi connectivity index (χ4n) is 2.59. The highest BCUT2D eigenvalue weighted by molar-refractivity contribution is 6.31. The monoisotopic (exact) mass is 393 g/mol. The van der Waals surface area contributed by atoms with Crippen molar-refractivity contribution in [2.45, 2.75) is 20.0 Å². The molecule has 1 aromatic heterocycles. The molecule has 0 saturated heterocycles. The minimum Gasteiger partial charge on any atom is -0.461 e. The summed E-state index contributed by atoms with van der Waals surface area (Å²) >= 11 is 5.59. The maximum Gasteiger partial charge on any atom is 0.417 e. The van der Waals surface area contributed by atoms with Gasteiger partial charge in [-0.05, 0) is 38.1 Å². The molecule has 3 aromatic rings. The van der Waals surface area contributed by atoms with Crippen LogP contribution in [0.1, 0.15) is 27.2 Å². The first-order valence-electron chi connectivity index (χ1n) is 8.01. The minimum absolute atomic E-state index is 0.00536. The van der Waals surface area contributed by atoms with E-state index in [0.717, 1.165) is 23.3 Å². The fourth-order valence-corrected chi connectivity index (χ4v) is 2.81. The number of nitrogens with one attached hydrogen (secondary N) is 1. The third kappa shape index (κ3) is 4.17. The molecule has 0 saturated carbocycles. The molecule has 140 valence electrons. The van der Waals surface area contributed by atoms with Crippen molar-refractivity contribution in [3.05, 3.63) is 76.0 Å². The number of benzene rings is 2. The number of furan rings is 1. The van der Waals surface area contributed by atoms with E-state index in [0.29, 0.717) is 11.5 Å². The van der Waals surface area contributed by atoms with Crippen LogP contribution in [-0.2, 0) is 6.18 Å². The molecule has 1 N–H and O–H groups in total. The number of hydrogen-bond acceptors (Lipinski definition) is 2. The SMILES string of the molecule is Cc1ccc(-c2cc(C(=O)Nc3ccc(Cl)c(C(F)(F)F)c3)c(C)o2)cc1. The lowest BCUT2D eigenvalue weighted by Crippen LogP contribution is -2.13. The normalized spacial score (nSPS) is 11.5. The van der Waals surface area contributed by atoms with Gasteiger partial charge in [-0.15, -0.1) is 0 Å². The Morgan fingerprint density at radius 1 is 1.04 bits per heavy atom. The molecule has 0 atom stereocenters. The molecule has 2 aromatic carbocycles. The Morgan fingerprint density at radius 3 is 2.33 bits per heavy atom. The van der Waals surface area contributed by atoms with Crippen molar-refractivity contribution in [3.8, 4) is 11.3 Å². The molecule has 0 fully saturated rings. The summed E-state index contributed by atoms with van der Waals surface area (Å²) in [6.45, 7) is 3.58. The lowest BCUT2D eigenvalue weighted by atomic mass is 10.1. The largest absolute Gasteiger partial charge is 0.461 e. The number of carbonyl (C=O) groups excluding carboxylic acids is 1. The second-order valence-corrected chi connectivity index (χ2v) is 6.50. The Kier molecular flexibility index (Phi) is 5.02. The van der Waals surface area contributed by atoms with Crippen molar-refractivity contribution in [2.75, 3.05) is 5.32 Å². The van der Waals surface area contributed by atoms with Gasteiger partial charge in [-0.25, -0.2) is 0 Å². The average molecular weight is 394 g/mol. The van der Waals surface area contributed by atoms with Crippen LogP contribution in [0, 0.1) is 13.8 Å². The summed E-state index contributed by atoms with van der Waals surface area (Å²) in [5, 5.41) is 2.03.